The lowest BCUT2D eigenvalue weighted by Crippen LogP contribution is -2.44. The molecule has 0 bridgehead atoms. The molecular weight excluding hydrogens is 506 g/mol. The van der Waals surface area contributed by atoms with Gasteiger partial charge in [0.2, 0.25) is 0 Å². The SMILES string of the molecule is CN1CCN(c2ccc(C(F)(F)F)cc2C=C2SCCN(c3ccc(Cl)c(Cl)c3)C2C=O)CC1. The molecule has 0 spiro atoms. The molecule has 0 saturated carbocycles. The Morgan fingerprint density at radius 3 is 2.38 bits per heavy atom. The number of anilines is 2. The molecule has 1 unspecified atom stereocenters. The Bertz CT molecular complexity index is 1090. The van der Waals surface area contributed by atoms with Crippen molar-refractivity contribution in [2.45, 2.75) is 12.2 Å². The quantitative estimate of drug-likeness (QED) is 0.457. The first-order chi connectivity index (χ1) is 16.2. The highest BCUT2D eigenvalue weighted by molar-refractivity contribution is 8.03. The molecule has 0 aliphatic carbocycles. The van der Waals surface area contributed by atoms with Crippen LogP contribution in [0.5, 0.6) is 0 Å². The molecule has 34 heavy (non-hydrogen) atoms. The Balaban J connectivity index is 1.74. The number of hydrogen-bond donors (Lipinski definition) is 0. The molecular formula is C24H24Cl2F3N3OS. The third-order valence-electron chi connectivity index (χ3n) is 6.09. The summed E-state index contributed by atoms with van der Waals surface area (Å²) in [6.45, 7) is 3.69. The number of aldehydes is 1. The minimum atomic E-state index is -4.45. The van der Waals surface area contributed by atoms with Crippen LogP contribution >= 0.6 is 35.0 Å². The Kier molecular flexibility index (Phi) is 7.72. The van der Waals surface area contributed by atoms with Crippen LogP contribution < -0.4 is 9.80 Å². The first kappa shape index (κ1) is 25.2. The van der Waals surface area contributed by atoms with Gasteiger partial charge in [-0.3, -0.25) is 0 Å². The Labute approximate surface area is 211 Å². The maximum atomic E-state index is 13.5. The monoisotopic (exact) mass is 529 g/mol. The molecule has 0 radical (unpaired) electrons. The molecule has 2 heterocycles. The van der Waals surface area contributed by atoms with Crippen molar-refractivity contribution in [3.05, 3.63) is 62.5 Å². The number of carbonyl (C=O) groups excluding carboxylic acids is 1. The van der Waals surface area contributed by atoms with Gasteiger partial charge >= 0.3 is 6.18 Å². The van der Waals surface area contributed by atoms with E-state index in [2.05, 4.69) is 9.80 Å². The summed E-state index contributed by atoms with van der Waals surface area (Å²) in [5.74, 6) is 0.680. The van der Waals surface area contributed by atoms with E-state index < -0.39 is 17.8 Å². The summed E-state index contributed by atoms with van der Waals surface area (Å²) in [6.07, 6.45) is -1.90. The van der Waals surface area contributed by atoms with Crippen molar-refractivity contribution in [1.82, 2.24) is 4.90 Å². The van der Waals surface area contributed by atoms with Crippen molar-refractivity contribution < 1.29 is 18.0 Å². The van der Waals surface area contributed by atoms with Crippen molar-refractivity contribution in [2.24, 2.45) is 0 Å². The molecule has 2 fully saturated rings. The number of carbonyl (C=O) groups is 1. The molecule has 0 aromatic heterocycles. The van der Waals surface area contributed by atoms with E-state index in [1.165, 1.54) is 17.8 Å². The topological polar surface area (TPSA) is 26.8 Å². The van der Waals surface area contributed by atoms with Crippen LogP contribution in [0.1, 0.15) is 11.1 Å². The van der Waals surface area contributed by atoms with E-state index in [1.54, 1.807) is 30.3 Å². The van der Waals surface area contributed by atoms with Gasteiger partial charge in [0, 0.05) is 54.8 Å². The number of halogens is 5. The molecule has 4 rings (SSSR count). The summed E-state index contributed by atoms with van der Waals surface area (Å²) in [5.41, 5.74) is 1.23. The second-order valence-corrected chi connectivity index (χ2v) is 10.3. The molecule has 4 nitrogen and oxygen atoms in total. The van der Waals surface area contributed by atoms with Gasteiger partial charge in [0.25, 0.3) is 0 Å². The first-order valence-electron chi connectivity index (χ1n) is 10.8. The summed E-state index contributed by atoms with van der Waals surface area (Å²) in [6, 6.07) is 8.38. The standard InChI is InChI=1S/C24H24Cl2F3N3OS/c1-30-6-8-31(9-7-30)21-5-2-17(24(27,28)29)12-16(21)13-23-22(15-33)32(10-11-34-23)18-3-4-19(25)20(26)14-18/h2-5,12-15,22H,6-11H2,1H3. The summed E-state index contributed by atoms with van der Waals surface area (Å²) in [7, 11) is 2.03. The zero-order chi connectivity index (χ0) is 24.5. The van der Waals surface area contributed by atoms with Gasteiger partial charge in [-0.25, -0.2) is 0 Å². The van der Waals surface area contributed by atoms with Gasteiger partial charge in [-0.1, -0.05) is 23.2 Å². The lowest BCUT2D eigenvalue weighted by Gasteiger charge is -2.37. The predicted molar refractivity (Wildman–Crippen MR) is 135 cm³/mol. The highest BCUT2D eigenvalue weighted by Crippen LogP contribution is 2.39. The van der Waals surface area contributed by atoms with E-state index >= 15 is 0 Å². The molecule has 2 aliphatic rings. The third-order valence-corrected chi connectivity index (χ3v) is 7.91. The van der Waals surface area contributed by atoms with Gasteiger partial charge in [-0.15, -0.1) is 11.8 Å². The number of alkyl halides is 3. The van der Waals surface area contributed by atoms with E-state index in [-0.39, 0.29) is 0 Å². The molecule has 2 aromatic rings. The van der Waals surface area contributed by atoms with E-state index in [9.17, 15) is 18.0 Å². The van der Waals surface area contributed by atoms with E-state index in [0.29, 0.717) is 32.8 Å². The van der Waals surface area contributed by atoms with Crippen LogP contribution in [0.15, 0.2) is 41.3 Å². The highest BCUT2D eigenvalue weighted by atomic mass is 35.5. The van der Waals surface area contributed by atoms with Crippen LogP contribution in [-0.4, -0.2) is 62.8 Å². The summed E-state index contributed by atoms with van der Waals surface area (Å²) >= 11 is 13.7. The van der Waals surface area contributed by atoms with Crippen LogP contribution in [-0.2, 0) is 11.0 Å². The van der Waals surface area contributed by atoms with Crippen LogP contribution in [0, 0.1) is 0 Å². The average molecular weight is 530 g/mol. The van der Waals surface area contributed by atoms with Gasteiger partial charge < -0.3 is 19.5 Å². The minimum absolute atomic E-state index is 0.378. The molecule has 1 atom stereocenters. The van der Waals surface area contributed by atoms with Crippen LogP contribution in [0.3, 0.4) is 0 Å². The van der Waals surface area contributed by atoms with Gasteiger partial charge in [0.15, 0.2) is 0 Å². The summed E-state index contributed by atoms with van der Waals surface area (Å²) in [4.78, 5) is 19.1. The third kappa shape index (κ3) is 5.51. The molecule has 2 aliphatic heterocycles. The lowest BCUT2D eigenvalue weighted by atomic mass is 10.0. The van der Waals surface area contributed by atoms with E-state index in [4.69, 9.17) is 23.2 Å². The van der Waals surface area contributed by atoms with Crippen molar-refractivity contribution in [2.75, 3.05) is 55.3 Å². The fraction of sp³-hybridized carbons (Fsp3) is 0.375. The number of rotatable bonds is 4. The second-order valence-electron chi connectivity index (χ2n) is 8.33. The zero-order valence-corrected chi connectivity index (χ0v) is 20.8. The number of benzene rings is 2. The zero-order valence-electron chi connectivity index (χ0n) is 18.5. The Morgan fingerprint density at radius 1 is 1.00 bits per heavy atom. The van der Waals surface area contributed by atoms with Crippen LogP contribution in [0.4, 0.5) is 24.5 Å². The first-order valence-corrected chi connectivity index (χ1v) is 12.6. The maximum absolute atomic E-state index is 13.5. The largest absolute Gasteiger partial charge is 0.416 e. The number of likely N-dealkylation sites (N-methyl/N-ethyl adjacent to an activating group) is 1. The number of nitrogens with zero attached hydrogens (tertiary/aromatic N) is 3. The molecule has 0 amide bonds. The molecule has 182 valence electrons. The van der Waals surface area contributed by atoms with Gasteiger partial charge in [0.1, 0.15) is 12.3 Å². The number of hydrogen-bond acceptors (Lipinski definition) is 5. The molecule has 0 N–H and O–H groups in total. The second kappa shape index (κ2) is 10.4. The normalized spacial score (nSPS) is 21.2. The molecule has 2 saturated heterocycles. The smallest absolute Gasteiger partial charge is 0.368 e. The average Bonchev–Trinajstić information content (AvgIpc) is 2.81. The van der Waals surface area contributed by atoms with Crippen LogP contribution in [0.25, 0.3) is 6.08 Å². The van der Waals surface area contributed by atoms with Gasteiger partial charge in [-0.2, -0.15) is 13.2 Å². The minimum Gasteiger partial charge on any atom is -0.368 e. The molecule has 10 heteroatoms. The van der Waals surface area contributed by atoms with Gasteiger partial charge in [-0.05, 0) is 55.1 Å². The number of piperazine rings is 1. The summed E-state index contributed by atoms with van der Waals surface area (Å²) in [5, 5.41) is 0.791. The lowest BCUT2D eigenvalue weighted by molar-refractivity contribution is -0.137. The Hall–Kier alpha value is -1.87. The van der Waals surface area contributed by atoms with Gasteiger partial charge in [0.05, 0.1) is 15.6 Å². The van der Waals surface area contributed by atoms with E-state index in [0.717, 1.165) is 49.9 Å². The van der Waals surface area contributed by atoms with Crippen molar-refractivity contribution in [3.8, 4) is 0 Å². The highest BCUT2D eigenvalue weighted by Gasteiger charge is 2.32. The Morgan fingerprint density at radius 2 is 1.74 bits per heavy atom. The predicted octanol–water partition coefficient (Wildman–Crippen LogP) is 5.93. The van der Waals surface area contributed by atoms with Crippen molar-refractivity contribution in [1.29, 1.82) is 0 Å². The van der Waals surface area contributed by atoms with E-state index in [1.807, 2.05) is 11.9 Å². The molecule has 2 aromatic carbocycles. The van der Waals surface area contributed by atoms with Crippen molar-refractivity contribution >= 4 is 58.7 Å². The maximum Gasteiger partial charge on any atom is 0.416 e. The summed E-state index contributed by atoms with van der Waals surface area (Å²) < 4.78 is 40.6. The van der Waals surface area contributed by atoms with Crippen LogP contribution in [0.2, 0.25) is 10.0 Å². The fourth-order valence-electron chi connectivity index (χ4n) is 4.20. The number of thioether (sulfide) groups is 1. The fourth-order valence-corrected chi connectivity index (χ4v) is 5.58. The van der Waals surface area contributed by atoms with Crippen molar-refractivity contribution in [3.63, 3.8) is 0 Å².